The number of hydrogen-bond donors (Lipinski definition) is 0. The first-order chi connectivity index (χ1) is 13.6. The molecule has 4 rings (SSSR count). The molecule has 1 aliphatic carbocycles. The predicted octanol–water partition coefficient (Wildman–Crippen LogP) is 4.39. The number of halogens is 3. The number of nitrogens with zero attached hydrogens (tertiary/aromatic N) is 3. The fraction of sp³-hybridized carbons (Fsp3) is 0.500. The molecule has 7 heteroatoms. The number of aromatic nitrogens is 2. The highest BCUT2D eigenvalue weighted by atomic mass is 19.1. The molecule has 29 heavy (non-hydrogen) atoms. The van der Waals surface area contributed by atoms with Gasteiger partial charge in [-0.25, -0.2) is 13.2 Å². The summed E-state index contributed by atoms with van der Waals surface area (Å²) in [5.74, 6) is -1.71. The van der Waals surface area contributed by atoms with Gasteiger partial charge in [0.2, 0.25) is 5.91 Å². The van der Waals surface area contributed by atoms with Crippen LogP contribution >= 0.6 is 0 Å². The molecular weight excluding hydrogens is 379 g/mol. The Morgan fingerprint density at radius 3 is 2.41 bits per heavy atom. The van der Waals surface area contributed by atoms with Crippen LogP contribution in [0.4, 0.5) is 13.2 Å². The van der Waals surface area contributed by atoms with Crippen molar-refractivity contribution in [1.29, 1.82) is 0 Å². The van der Waals surface area contributed by atoms with Gasteiger partial charge in [0.05, 0.1) is 28.9 Å². The van der Waals surface area contributed by atoms with E-state index < -0.39 is 28.6 Å². The Labute approximate surface area is 168 Å². The van der Waals surface area contributed by atoms with E-state index >= 15 is 0 Å². The predicted molar refractivity (Wildman–Crippen MR) is 103 cm³/mol. The van der Waals surface area contributed by atoms with Crippen molar-refractivity contribution < 1.29 is 18.0 Å². The minimum Gasteiger partial charge on any atom is -0.339 e. The maximum absolute atomic E-state index is 14.3. The molecule has 1 aliphatic heterocycles. The Balaban J connectivity index is 1.84. The highest BCUT2D eigenvalue weighted by molar-refractivity contribution is 5.90. The van der Waals surface area contributed by atoms with E-state index in [0.717, 1.165) is 5.56 Å². The van der Waals surface area contributed by atoms with Crippen molar-refractivity contribution in [2.75, 3.05) is 13.1 Å². The first kappa shape index (κ1) is 19.9. The molecule has 0 saturated carbocycles. The summed E-state index contributed by atoms with van der Waals surface area (Å²) in [7, 11) is 0. The van der Waals surface area contributed by atoms with Crippen LogP contribution in [0.5, 0.6) is 0 Å². The molecule has 0 spiro atoms. The zero-order valence-electron chi connectivity index (χ0n) is 17.0. The number of amides is 1. The van der Waals surface area contributed by atoms with Crippen molar-refractivity contribution in [3.63, 3.8) is 0 Å². The molecule has 0 N–H and O–H groups in total. The molecule has 2 aromatic rings. The molecular formula is C22H24F3N3O. The third-order valence-electron chi connectivity index (χ3n) is 7.20. The summed E-state index contributed by atoms with van der Waals surface area (Å²) in [4.78, 5) is 15.0. The van der Waals surface area contributed by atoms with Crippen LogP contribution in [-0.4, -0.2) is 40.3 Å². The molecule has 1 amide bonds. The summed E-state index contributed by atoms with van der Waals surface area (Å²) in [6.07, 6.45) is -0.677. The van der Waals surface area contributed by atoms with Crippen LogP contribution in [0.15, 0.2) is 24.3 Å². The minimum atomic E-state index is -1.01. The number of likely N-dealkylation sites (tertiary alicyclic amines) is 1. The van der Waals surface area contributed by atoms with E-state index in [1.807, 2.05) is 27.7 Å². The van der Waals surface area contributed by atoms with Crippen LogP contribution in [-0.2, 0) is 10.2 Å². The van der Waals surface area contributed by atoms with Crippen LogP contribution in [0, 0.1) is 17.0 Å². The third-order valence-corrected chi connectivity index (χ3v) is 7.20. The highest BCUT2D eigenvalue weighted by Crippen LogP contribution is 2.58. The Morgan fingerprint density at radius 1 is 1.17 bits per heavy atom. The minimum absolute atomic E-state index is 0.0835. The molecule has 1 aromatic carbocycles. The number of benzene rings is 1. The molecule has 3 atom stereocenters. The third kappa shape index (κ3) is 2.69. The van der Waals surface area contributed by atoms with Crippen LogP contribution in [0.25, 0.3) is 11.3 Å². The number of alkyl halides is 1. The lowest BCUT2D eigenvalue weighted by Crippen LogP contribution is -2.51. The average molecular weight is 403 g/mol. The SMILES string of the molecule is C[C@@H]1c2cc(-c3c(F)cccc3F)nnc2C(C)(C(=O)N2CCC(F)C2)C1(C)C. The molecule has 2 aliphatic rings. The second-order valence-corrected chi connectivity index (χ2v) is 8.84. The van der Waals surface area contributed by atoms with Gasteiger partial charge < -0.3 is 4.90 Å². The lowest BCUT2D eigenvalue weighted by atomic mass is 9.64. The molecule has 0 bridgehead atoms. The van der Waals surface area contributed by atoms with E-state index in [2.05, 4.69) is 10.2 Å². The van der Waals surface area contributed by atoms with E-state index in [4.69, 9.17) is 0 Å². The Morgan fingerprint density at radius 2 is 1.83 bits per heavy atom. The van der Waals surface area contributed by atoms with E-state index in [-0.39, 0.29) is 29.6 Å². The molecule has 1 aromatic heterocycles. The normalized spacial score (nSPS) is 27.9. The zero-order chi connectivity index (χ0) is 21.1. The molecule has 2 heterocycles. The molecule has 1 fully saturated rings. The van der Waals surface area contributed by atoms with E-state index in [0.29, 0.717) is 18.7 Å². The van der Waals surface area contributed by atoms with Gasteiger partial charge in [0.1, 0.15) is 17.8 Å². The number of carbonyl (C=O) groups excluding carboxylic acids is 1. The first-order valence-corrected chi connectivity index (χ1v) is 9.85. The number of carbonyl (C=O) groups is 1. The quantitative estimate of drug-likeness (QED) is 0.747. The summed E-state index contributed by atoms with van der Waals surface area (Å²) >= 11 is 0. The van der Waals surface area contributed by atoms with Crippen LogP contribution < -0.4 is 0 Å². The fourth-order valence-electron chi connectivity index (χ4n) is 4.71. The topological polar surface area (TPSA) is 46.1 Å². The van der Waals surface area contributed by atoms with Crippen molar-refractivity contribution >= 4 is 5.91 Å². The zero-order valence-corrected chi connectivity index (χ0v) is 17.0. The molecule has 2 unspecified atom stereocenters. The fourth-order valence-corrected chi connectivity index (χ4v) is 4.71. The van der Waals surface area contributed by atoms with Crippen molar-refractivity contribution in [1.82, 2.24) is 15.1 Å². The van der Waals surface area contributed by atoms with Crippen LogP contribution in [0.1, 0.15) is 51.3 Å². The van der Waals surface area contributed by atoms with E-state index in [1.54, 1.807) is 11.0 Å². The number of hydrogen-bond acceptors (Lipinski definition) is 3. The van der Waals surface area contributed by atoms with E-state index in [1.165, 1.54) is 18.2 Å². The van der Waals surface area contributed by atoms with Crippen molar-refractivity contribution in [2.24, 2.45) is 5.41 Å². The maximum atomic E-state index is 14.3. The monoisotopic (exact) mass is 403 g/mol. The van der Waals surface area contributed by atoms with Gasteiger partial charge in [-0.1, -0.05) is 26.8 Å². The molecule has 0 radical (unpaired) electrons. The Hall–Kier alpha value is -2.44. The molecule has 1 saturated heterocycles. The summed E-state index contributed by atoms with van der Waals surface area (Å²) < 4.78 is 42.2. The Bertz CT molecular complexity index is 973. The largest absolute Gasteiger partial charge is 0.339 e. The average Bonchev–Trinajstić information content (AvgIpc) is 3.17. The lowest BCUT2D eigenvalue weighted by Gasteiger charge is -2.41. The van der Waals surface area contributed by atoms with Gasteiger partial charge in [-0.3, -0.25) is 4.79 Å². The smallest absolute Gasteiger partial charge is 0.235 e. The number of rotatable bonds is 2. The van der Waals surface area contributed by atoms with Gasteiger partial charge in [0.25, 0.3) is 0 Å². The van der Waals surface area contributed by atoms with Crippen molar-refractivity contribution in [3.05, 3.63) is 47.2 Å². The lowest BCUT2D eigenvalue weighted by molar-refractivity contribution is -0.140. The van der Waals surface area contributed by atoms with Gasteiger partial charge in [-0.15, -0.1) is 5.10 Å². The van der Waals surface area contributed by atoms with Crippen LogP contribution in [0.2, 0.25) is 0 Å². The number of fused-ring (bicyclic) bond motifs is 1. The second-order valence-electron chi connectivity index (χ2n) is 8.84. The summed E-state index contributed by atoms with van der Waals surface area (Å²) in [6.45, 7) is 8.21. The maximum Gasteiger partial charge on any atom is 0.235 e. The molecule has 154 valence electrons. The highest BCUT2D eigenvalue weighted by Gasteiger charge is 2.60. The van der Waals surface area contributed by atoms with Crippen LogP contribution in [0.3, 0.4) is 0 Å². The van der Waals surface area contributed by atoms with Gasteiger partial charge in [-0.05, 0) is 48.4 Å². The first-order valence-electron chi connectivity index (χ1n) is 9.85. The molecule has 4 nitrogen and oxygen atoms in total. The van der Waals surface area contributed by atoms with Gasteiger partial charge in [0, 0.05) is 6.54 Å². The second kappa shape index (κ2) is 6.54. The van der Waals surface area contributed by atoms with Crippen molar-refractivity contribution in [2.45, 2.75) is 51.6 Å². The van der Waals surface area contributed by atoms with Crippen molar-refractivity contribution in [3.8, 4) is 11.3 Å². The van der Waals surface area contributed by atoms with Gasteiger partial charge in [-0.2, -0.15) is 5.10 Å². The standard InChI is InChI=1S/C22H24F3N3O/c1-12-14-10-17(18-15(24)6-5-7-16(18)25)26-27-19(14)22(4,21(12,2)3)20(29)28-9-8-13(23)11-28/h5-7,10,12-13H,8-9,11H2,1-4H3/t12-,13?,22?/m1/s1. The van der Waals surface area contributed by atoms with E-state index in [9.17, 15) is 18.0 Å². The summed E-state index contributed by atoms with van der Waals surface area (Å²) in [6, 6.07) is 5.28. The Kier molecular flexibility index (Phi) is 4.48. The van der Waals surface area contributed by atoms with Gasteiger partial charge >= 0.3 is 0 Å². The summed E-state index contributed by atoms with van der Waals surface area (Å²) in [5, 5.41) is 8.39. The summed E-state index contributed by atoms with van der Waals surface area (Å²) in [5.41, 5.74) is -0.430. The van der Waals surface area contributed by atoms with Gasteiger partial charge in [0.15, 0.2) is 0 Å².